The van der Waals surface area contributed by atoms with Crippen LogP contribution in [0.2, 0.25) is 0 Å². The number of hydrogen-bond donors (Lipinski definition) is 1. The van der Waals surface area contributed by atoms with Crippen LogP contribution in [-0.2, 0) is 26.2 Å². The molecule has 0 spiro atoms. The number of nitrogens with one attached hydrogen (secondary N) is 1. The van der Waals surface area contributed by atoms with Gasteiger partial charge in [-0.15, -0.1) is 0 Å². The van der Waals surface area contributed by atoms with E-state index in [1.165, 1.54) is 11.8 Å². The van der Waals surface area contributed by atoms with Gasteiger partial charge in [-0.3, -0.25) is 14.5 Å². The molecule has 32 heavy (non-hydrogen) atoms. The number of carbonyl (C=O) groups is 2. The predicted molar refractivity (Wildman–Crippen MR) is 126 cm³/mol. The number of amides is 2. The Morgan fingerprint density at radius 2 is 1.72 bits per heavy atom. The van der Waals surface area contributed by atoms with Crippen molar-refractivity contribution < 1.29 is 18.0 Å². The summed E-state index contributed by atoms with van der Waals surface area (Å²) in [4.78, 5) is 28.1. The van der Waals surface area contributed by atoms with E-state index in [1.54, 1.807) is 6.92 Å². The van der Waals surface area contributed by atoms with Gasteiger partial charge in [0.1, 0.15) is 5.54 Å². The Bertz CT molecular complexity index is 1070. The lowest BCUT2D eigenvalue weighted by molar-refractivity contribution is -0.133. The van der Waals surface area contributed by atoms with E-state index in [0.717, 1.165) is 15.4 Å². The zero-order valence-electron chi connectivity index (χ0n) is 19.0. The molecule has 8 heteroatoms. The standard InChI is InChI=1S/C24H31N3O4S/c1-5-32(30,31)26-16-22(28)27(21-13-11-20(12-14-21)18(2)3)24(4,17-26)23(29)25-15-19-9-7-6-8-10-19/h6-14,18H,5,15-17H2,1-4H3,(H,25,29). The number of anilines is 1. The zero-order valence-corrected chi connectivity index (χ0v) is 19.9. The molecule has 0 aliphatic carbocycles. The van der Waals surface area contributed by atoms with Crippen molar-refractivity contribution in [3.63, 3.8) is 0 Å². The SMILES string of the molecule is CCS(=O)(=O)N1CC(=O)N(c2ccc(C(C)C)cc2)C(C)(C(=O)NCc2ccccc2)C1. The molecule has 1 atom stereocenters. The number of sulfonamides is 1. The highest BCUT2D eigenvalue weighted by Gasteiger charge is 2.50. The molecule has 1 aliphatic heterocycles. The molecule has 1 heterocycles. The second-order valence-electron chi connectivity index (χ2n) is 8.59. The Morgan fingerprint density at radius 1 is 1.09 bits per heavy atom. The fourth-order valence-electron chi connectivity index (χ4n) is 3.93. The Labute approximate surface area is 190 Å². The van der Waals surface area contributed by atoms with Crippen molar-refractivity contribution in [1.82, 2.24) is 9.62 Å². The number of carbonyl (C=O) groups excluding carboxylic acids is 2. The molecule has 0 bridgehead atoms. The molecule has 2 aromatic rings. The van der Waals surface area contributed by atoms with E-state index in [0.29, 0.717) is 11.6 Å². The van der Waals surface area contributed by atoms with Crippen LogP contribution >= 0.6 is 0 Å². The lowest BCUT2D eigenvalue weighted by Gasteiger charge is -2.46. The molecular formula is C24H31N3O4S. The van der Waals surface area contributed by atoms with Crippen LogP contribution in [0.1, 0.15) is 44.7 Å². The summed E-state index contributed by atoms with van der Waals surface area (Å²) < 4.78 is 26.3. The van der Waals surface area contributed by atoms with E-state index < -0.39 is 27.4 Å². The molecule has 1 saturated heterocycles. The van der Waals surface area contributed by atoms with Gasteiger partial charge in [-0.2, -0.15) is 4.31 Å². The molecule has 2 amide bonds. The van der Waals surface area contributed by atoms with Crippen molar-refractivity contribution in [3.05, 3.63) is 65.7 Å². The summed E-state index contributed by atoms with van der Waals surface area (Å²) in [6, 6.07) is 16.9. The van der Waals surface area contributed by atoms with Gasteiger partial charge < -0.3 is 5.32 Å². The Kier molecular flexibility index (Phi) is 7.05. The highest BCUT2D eigenvalue weighted by Crippen LogP contribution is 2.32. The van der Waals surface area contributed by atoms with Crippen molar-refractivity contribution in [2.75, 3.05) is 23.7 Å². The monoisotopic (exact) mass is 457 g/mol. The third-order valence-electron chi connectivity index (χ3n) is 5.90. The zero-order chi connectivity index (χ0) is 23.5. The van der Waals surface area contributed by atoms with Crippen LogP contribution < -0.4 is 10.2 Å². The third-order valence-corrected chi connectivity index (χ3v) is 7.67. The molecule has 0 saturated carbocycles. The molecule has 0 aromatic heterocycles. The first-order valence-corrected chi connectivity index (χ1v) is 12.4. The van der Waals surface area contributed by atoms with Gasteiger partial charge in [-0.1, -0.05) is 56.3 Å². The summed E-state index contributed by atoms with van der Waals surface area (Å²) in [5.41, 5.74) is 1.21. The van der Waals surface area contributed by atoms with E-state index in [-0.39, 0.29) is 25.4 Å². The first-order chi connectivity index (χ1) is 15.1. The van der Waals surface area contributed by atoms with Gasteiger partial charge in [-0.25, -0.2) is 8.42 Å². The maximum Gasteiger partial charge on any atom is 0.247 e. The number of piperazine rings is 1. The lowest BCUT2D eigenvalue weighted by atomic mass is 9.93. The van der Waals surface area contributed by atoms with Crippen LogP contribution in [0.4, 0.5) is 5.69 Å². The maximum absolute atomic E-state index is 13.4. The summed E-state index contributed by atoms with van der Waals surface area (Å²) in [5.74, 6) is -0.640. The van der Waals surface area contributed by atoms with E-state index >= 15 is 0 Å². The fourth-order valence-corrected chi connectivity index (χ4v) is 5.05. The van der Waals surface area contributed by atoms with Gasteiger partial charge in [0.25, 0.3) is 0 Å². The summed E-state index contributed by atoms with van der Waals surface area (Å²) in [5, 5.41) is 2.89. The van der Waals surface area contributed by atoms with Crippen LogP contribution in [0.3, 0.4) is 0 Å². The minimum atomic E-state index is -3.64. The van der Waals surface area contributed by atoms with Crippen LogP contribution in [0.25, 0.3) is 0 Å². The Balaban J connectivity index is 1.97. The van der Waals surface area contributed by atoms with Crippen LogP contribution in [0, 0.1) is 0 Å². The molecule has 0 radical (unpaired) electrons. The van der Waals surface area contributed by atoms with E-state index in [2.05, 4.69) is 19.2 Å². The molecule has 7 nitrogen and oxygen atoms in total. The third kappa shape index (κ3) is 4.86. The second-order valence-corrected chi connectivity index (χ2v) is 10.8. The first-order valence-electron chi connectivity index (χ1n) is 10.8. The van der Waals surface area contributed by atoms with Crippen molar-refractivity contribution in [2.45, 2.75) is 45.7 Å². The minimum Gasteiger partial charge on any atom is -0.350 e. The Morgan fingerprint density at radius 3 is 2.28 bits per heavy atom. The Hall–Kier alpha value is -2.71. The molecule has 1 N–H and O–H groups in total. The average molecular weight is 458 g/mol. The molecule has 3 rings (SSSR count). The highest BCUT2D eigenvalue weighted by molar-refractivity contribution is 7.89. The second kappa shape index (κ2) is 9.42. The number of benzene rings is 2. The lowest BCUT2D eigenvalue weighted by Crippen LogP contribution is -2.70. The van der Waals surface area contributed by atoms with Crippen molar-refractivity contribution in [2.24, 2.45) is 0 Å². The van der Waals surface area contributed by atoms with Gasteiger partial charge in [0, 0.05) is 18.8 Å². The van der Waals surface area contributed by atoms with Gasteiger partial charge in [0.05, 0.1) is 12.3 Å². The van der Waals surface area contributed by atoms with Gasteiger partial charge in [0.15, 0.2) is 0 Å². The van der Waals surface area contributed by atoms with Crippen LogP contribution in [-0.4, -0.2) is 48.9 Å². The largest absolute Gasteiger partial charge is 0.350 e. The summed E-state index contributed by atoms with van der Waals surface area (Å²) in [7, 11) is -3.64. The summed E-state index contributed by atoms with van der Waals surface area (Å²) in [6.07, 6.45) is 0. The van der Waals surface area contributed by atoms with Gasteiger partial charge in [0.2, 0.25) is 21.8 Å². The number of hydrogen-bond acceptors (Lipinski definition) is 4. The van der Waals surface area contributed by atoms with E-state index in [1.807, 2.05) is 54.6 Å². The van der Waals surface area contributed by atoms with Crippen LogP contribution in [0.15, 0.2) is 54.6 Å². The van der Waals surface area contributed by atoms with Crippen molar-refractivity contribution in [1.29, 1.82) is 0 Å². The molecular weight excluding hydrogens is 426 g/mol. The molecule has 1 unspecified atom stereocenters. The highest BCUT2D eigenvalue weighted by atomic mass is 32.2. The fraction of sp³-hybridized carbons (Fsp3) is 0.417. The smallest absolute Gasteiger partial charge is 0.247 e. The van der Waals surface area contributed by atoms with Crippen LogP contribution in [0.5, 0.6) is 0 Å². The molecule has 1 aliphatic rings. The predicted octanol–water partition coefficient (Wildman–Crippen LogP) is 2.88. The topological polar surface area (TPSA) is 86.8 Å². The first kappa shape index (κ1) is 23.9. The van der Waals surface area contributed by atoms with Gasteiger partial charge >= 0.3 is 0 Å². The van der Waals surface area contributed by atoms with E-state index in [4.69, 9.17) is 0 Å². The summed E-state index contributed by atoms with van der Waals surface area (Å²) in [6.45, 7) is 7.20. The normalized spacial score (nSPS) is 19.9. The van der Waals surface area contributed by atoms with Crippen molar-refractivity contribution in [3.8, 4) is 0 Å². The quantitative estimate of drug-likeness (QED) is 0.693. The number of rotatable bonds is 7. The molecule has 2 aromatic carbocycles. The minimum absolute atomic E-state index is 0.110. The van der Waals surface area contributed by atoms with E-state index in [9.17, 15) is 18.0 Å². The molecule has 172 valence electrons. The maximum atomic E-state index is 13.4. The number of nitrogens with zero attached hydrogens (tertiary/aromatic N) is 2. The summed E-state index contributed by atoms with van der Waals surface area (Å²) >= 11 is 0. The van der Waals surface area contributed by atoms with Gasteiger partial charge in [-0.05, 0) is 43.0 Å². The van der Waals surface area contributed by atoms with Crippen molar-refractivity contribution >= 4 is 27.5 Å². The average Bonchev–Trinajstić information content (AvgIpc) is 2.78. The molecule has 1 fully saturated rings.